The van der Waals surface area contributed by atoms with Gasteiger partial charge in [0, 0.05) is 30.3 Å². The third-order valence-corrected chi connectivity index (χ3v) is 5.11. The van der Waals surface area contributed by atoms with Gasteiger partial charge in [-0.15, -0.1) is 0 Å². The van der Waals surface area contributed by atoms with Gasteiger partial charge in [0.2, 0.25) is 17.6 Å². The van der Waals surface area contributed by atoms with Gasteiger partial charge >= 0.3 is 0 Å². The van der Waals surface area contributed by atoms with Crippen LogP contribution in [0, 0.1) is 0 Å². The van der Waals surface area contributed by atoms with Crippen molar-refractivity contribution in [1.82, 2.24) is 20.4 Å². The zero-order valence-electron chi connectivity index (χ0n) is 16.2. The Bertz CT molecular complexity index is 875. The van der Waals surface area contributed by atoms with Gasteiger partial charge in [-0.3, -0.25) is 4.79 Å². The van der Waals surface area contributed by atoms with Gasteiger partial charge in [-0.2, -0.15) is 16.3 Å². The van der Waals surface area contributed by atoms with E-state index in [1.807, 2.05) is 55.2 Å². The number of hydrogen-bond acceptors (Lipinski definition) is 7. The molecular weight excluding hydrogens is 376 g/mol. The summed E-state index contributed by atoms with van der Waals surface area (Å²) in [5.74, 6) is 1.79. The summed E-state index contributed by atoms with van der Waals surface area (Å²) in [6.45, 7) is 0.516. The molecule has 1 aromatic carbocycles. The summed E-state index contributed by atoms with van der Waals surface area (Å²) < 4.78 is 10.4. The maximum Gasteiger partial charge on any atom is 0.227 e. The molecule has 1 atom stereocenters. The number of aromatic nitrogens is 2. The number of hydrogen-bond donors (Lipinski definition) is 1. The molecule has 1 N–H and O–H groups in total. The number of methoxy groups -OCH3 is 1. The molecule has 0 fully saturated rings. The summed E-state index contributed by atoms with van der Waals surface area (Å²) in [6, 6.07) is 9.89. The predicted octanol–water partition coefficient (Wildman–Crippen LogP) is 3.16. The maximum atomic E-state index is 12.3. The Labute approximate surface area is 168 Å². The van der Waals surface area contributed by atoms with Crippen molar-refractivity contribution in [3.05, 3.63) is 52.5 Å². The van der Waals surface area contributed by atoms with E-state index in [0.717, 1.165) is 16.9 Å². The molecule has 0 aliphatic carbocycles. The molecule has 8 heteroatoms. The first-order valence-corrected chi connectivity index (χ1v) is 9.93. The Hall–Kier alpha value is -2.71. The smallest absolute Gasteiger partial charge is 0.227 e. The first-order valence-electron chi connectivity index (χ1n) is 8.99. The van der Waals surface area contributed by atoms with E-state index in [1.165, 1.54) is 0 Å². The molecule has 0 saturated carbocycles. The number of ether oxygens (including phenoxy) is 1. The lowest BCUT2D eigenvalue weighted by Crippen LogP contribution is -2.34. The fraction of sp³-hybridized carbons (Fsp3) is 0.350. The third kappa shape index (κ3) is 5.17. The van der Waals surface area contributed by atoms with Crippen molar-refractivity contribution in [3.63, 3.8) is 0 Å². The van der Waals surface area contributed by atoms with Gasteiger partial charge in [-0.1, -0.05) is 17.3 Å². The topological polar surface area (TPSA) is 80.5 Å². The van der Waals surface area contributed by atoms with Crippen LogP contribution >= 0.6 is 11.3 Å². The van der Waals surface area contributed by atoms with Crippen LogP contribution in [0.3, 0.4) is 0 Å². The van der Waals surface area contributed by atoms with E-state index < -0.39 is 0 Å². The fourth-order valence-corrected chi connectivity index (χ4v) is 3.44. The number of amides is 1. The summed E-state index contributed by atoms with van der Waals surface area (Å²) in [5, 5.41) is 10.9. The van der Waals surface area contributed by atoms with E-state index in [-0.39, 0.29) is 11.9 Å². The van der Waals surface area contributed by atoms with Gasteiger partial charge in [0.1, 0.15) is 5.75 Å². The SMILES string of the molecule is COc1ccc([C@@H](CNC(=O)CCc2nc(-c3ccsc3)no2)N(C)C)cc1. The highest BCUT2D eigenvalue weighted by atomic mass is 32.1. The summed E-state index contributed by atoms with van der Waals surface area (Å²) in [5.41, 5.74) is 2.04. The van der Waals surface area contributed by atoms with Crippen LogP contribution in [0.2, 0.25) is 0 Å². The third-order valence-electron chi connectivity index (χ3n) is 4.43. The Morgan fingerprint density at radius 2 is 2.07 bits per heavy atom. The van der Waals surface area contributed by atoms with E-state index in [1.54, 1.807) is 18.4 Å². The molecule has 0 radical (unpaired) electrons. The summed E-state index contributed by atoms with van der Waals surface area (Å²) >= 11 is 1.58. The molecule has 2 heterocycles. The molecule has 0 bridgehead atoms. The number of likely N-dealkylation sites (N-methyl/N-ethyl adjacent to an activating group) is 1. The Morgan fingerprint density at radius 3 is 2.71 bits per heavy atom. The van der Waals surface area contributed by atoms with Gasteiger partial charge in [0.15, 0.2) is 0 Å². The Balaban J connectivity index is 1.50. The molecule has 28 heavy (non-hydrogen) atoms. The number of aryl methyl sites for hydroxylation is 1. The number of nitrogens with one attached hydrogen (secondary N) is 1. The highest BCUT2D eigenvalue weighted by Gasteiger charge is 2.16. The van der Waals surface area contributed by atoms with Crippen LogP contribution in [0.15, 0.2) is 45.6 Å². The summed E-state index contributed by atoms with van der Waals surface area (Å²) in [7, 11) is 5.63. The van der Waals surface area contributed by atoms with Gasteiger partial charge in [0.05, 0.1) is 13.2 Å². The van der Waals surface area contributed by atoms with E-state index in [0.29, 0.717) is 31.1 Å². The van der Waals surface area contributed by atoms with Crippen molar-refractivity contribution in [1.29, 1.82) is 0 Å². The molecule has 0 spiro atoms. The molecular formula is C20H24N4O3S. The minimum Gasteiger partial charge on any atom is -0.497 e. The first-order chi connectivity index (χ1) is 13.6. The molecule has 3 aromatic rings. The van der Waals surface area contributed by atoms with Crippen LogP contribution < -0.4 is 10.1 Å². The van der Waals surface area contributed by atoms with Crippen LogP contribution in [0.1, 0.15) is 23.9 Å². The van der Waals surface area contributed by atoms with Crippen molar-refractivity contribution in [2.24, 2.45) is 0 Å². The lowest BCUT2D eigenvalue weighted by Gasteiger charge is -2.25. The maximum absolute atomic E-state index is 12.3. The monoisotopic (exact) mass is 400 g/mol. The molecule has 0 saturated heterocycles. The predicted molar refractivity (Wildman–Crippen MR) is 108 cm³/mol. The molecule has 3 rings (SSSR count). The molecule has 1 amide bonds. The molecule has 0 aliphatic rings. The normalized spacial score (nSPS) is 12.1. The summed E-state index contributed by atoms with van der Waals surface area (Å²) in [4.78, 5) is 18.7. The van der Waals surface area contributed by atoms with E-state index in [9.17, 15) is 4.79 Å². The van der Waals surface area contributed by atoms with Crippen molar-refractivity contribution in [2.45, 2.75) is 18.9 Å². The lowest BCUT2D eigenvalue weighted by molar-refractivity contribution is -0.121. The van der Waals surface area contributed by atoms with Crippen LogP contribution in [0.4, 0.5) is 0 Å². The minimum atomic E-state index is -0.0457. The number of carbonyl (C=O) groups is 1. The van der Waals surface area contributed by atoms with Gasteiger partial charge in [-0.25, -0.2) is 0 Å². The molecule has 7 nitrogen and oxygen atoms in total. The molecule has 0 unspecified atom stereocenters. The second-order valence-corrected chi connectivity index (χ2v) is 7.36. The van der Waals surface area contributed by atoms with Crippen LogP contribution in [-0.2, 0) is 11.2 Å². The first kappa shape index (κ1) is 20.0. The average molecular weight is 401 g/mol. The average Bonchev–Trinajstić information content (AvgIpc) is 3.38. The highest BCUT2D eigenvalue weighted by Crippen LogP contribution is 2.21. The van der Waals surface area contributed by atoms with Crippen molar-refractivity contribution in [3.8, 4) is 17.1 Å². The number of thiophene rings is 1. The molecule has 2 aromatic heterocycles. The molecule has 0 aliphatic heterocycles. The van der Waals surface area contributed by atoms with E-state index >= 15 is 0 Å². The number of nitrogens with zero attached hydrogens (tertiary/aromatic N) is 3. The van der Waals surface area contributed by atoms with Crippen molar-refractivity contribution in [2.75, 3.05) is 27.7 Å². The Morgan fingerprint density at radius 1 is 1.29 bits per heavy atom. The second kappa shape index (κ2) is 9.48. The minimum absolute atomic E-state index is 0.0457. The lowest BCUT2D eigenvalue weighted by atomic mass is 10.1. The van der Waals surface area contributed by atoms with E-state index in [4.69, 9.17) is 9.26 Å². The zero-order chi connectivity index (χ0) is 19.9. The van der Waals surface area contributed by atoms with Crippen LogP contribution in [-0.4, -0.2) is 48.7 Å². The van der Waals surface area contributed by atoms with Gasteiger partial charge < -0.3 is 19.5 Å². The molecule has 148 valence electrons. The fourth-order valence-electron chi connectivity index (χ4n) is 2.81. The number of carbonyl (C=O) groups excluding carboxylic acids is 1. The van der Waals surface area contributed by atoms with Crippen molar-refractivity contribution >= 4 is 17.2 Å². The quantitative estimate of drug-likeness (QED) is 0.594. The van der Waals surface area contributed by atoms with Crippen molar-refractivity contribution < 1.29 is 14.1 Å². The highest BCUT2D eigenvalue weighted by molar-refractivity contribution is 7.08. The standard InChI is InChI=1S/C20H24N4O3S/c1-24(2)17(14-4-6-16(26-3)7-5-14)12-21-18(25)8-9-19-22-20(23-27-19)15-10-11-28-13-15/h4-7,10-11,13,17H,8-9,12H2,1-3H3,(H,21,25)/t17-/m1/s1. The summed E-state index contributed by atoms with van der Waals surface area (Å²) in [6.07, 6.45) is 0.714. The van der Waals surface area contributed by atoms with Crippen LogP contribution in [0.25, 0.3) is 11.4 Å². The zero-order valence-corrected chi connectivity index (χ0v) is 17.0. The largest absolute Gasteiger partial charge is 0.497 e. The second-order valence-electron chi connectivity index (χ2n) is 6.58. The Kier molecular flexibility index (Phi) is 6.78. The van der Waals surface area contributed by atoms with E-state index in [2.05, 4.69) is 20.4 Å². The van der Waals surface area contributed by atoms with Gasteiger partial charge in [0.25, 0.3) is 0 Å². The van der Waals surface area contributed by atoms with Crippen LogP contribution in [0.5, 0.6) is 5.75 Å². The van der Waals surface area contributed by atoms with Gasteiger partial charge in [-0.05, 0) is 43.2 Å². The number of rotatable bonds is 9. The number of benzene rings is 1.